The molecule has 2 aromatic carbocycles. The van der Waals surface area contributed by atoms with Gasteiger partial charge in [-0.1, -0.05) is 54.2 Å². The lowest BCUT2D eigenvalue weighted by Crippen LogP contribution is -2.24. The summed E-state index contributed by atoms with van der Waals surface area (Å²) in [6.07, 6.45) is 0. The van der Waals surface area contributed by atoms with E-state index >= 15 is 0 Å². The summed E-state index contributed by atoms with van der Waals surface area (Å²) < 4.78 is 5.43. The summed E-state index contributed by atoms with van der Waals surface area (Å²) in [4.78, 5) is 22.5. The number of nitro benzene ring substituents is 1. The number of hydrogen-bond donors (Lipinski definition) is 1. The Kier molecular flexibility index (Phi) is 5.59. The van der Waals surface area contributed by atoms with Gasteiger partial charge in [0, 0.05) is 12.6 Å². The van der Waals surface area contributed by atoms with Crippen molar-refractivity contribution in [3.8, 4) is 11.5 Å². The predicted molar refractivity (Wildman–Crippen MR) is 95.4 cm³/mol. The molecule has 0 radical (unpaired) electrons. The van der Waals surface area contributed by atoms with Crippen LogP contribution in [0.15, 0.2) is 64.2 Å². The van der Waals surface area contributed by atoms with Crippen molar-refractivity contribution in [3.05, 3.63) is 70.3 Å². The number of nitrogens with zero attached hydrogens (tertiary/aromatic N) is 3. The van der Waals surface area contributed by atoms with Crippen molar-refractivity contribution in [1.29, 1.82) is 0 Å². The van der Waals surface area contributed by atoms with E-state index in [4.69, 9.17) is 4.42 Å². The number of para-hydroxylation sites is 1. The molecule has 0 saturated carbocycles. The number of carbonyl (C=O) groups is 1. The number of rotatable bonds is 7. The molecule has 1 N–H and O–H groups in total. The number of nitrogens with one attached hydrogen (secondary N) is 1. The van der Waals surface area contributed by atoms with E-state index in [0.29, 0.717) is 6.54 Å². The first-order chi connectivity index (χ1) is 12.6. The lowest BCUT2D eigenvalue weighted by Gasteiger charge is -2.03. The SMILES string of the molecule is O=C(CSc1nnc(-c2ccccc2[N+](=O)[O-])o1)NCc1ccccc1. The second-order valence-electron chi connectivity index (χ2n) is 5.20. The van der Waals surface area contributed by atoms with E-state index in [1.807, 2.05) is 30.3 Å². The van der Waals surface area contributed by atoms with Gasteiger partial charge in [0.05, 0.1) is 10.7 Å². The van der Waals surface area contributed by atoms with Crippen molar-refractivity contribution < 1.29 is 14.1 Å². The zero-order chi connectivity index (χ0) is 18.4. The summed E-state index contributed by atoms with van der Waals surface area (Å²) in [5.41, 5.74) is 1.13. The Balaban J connectivity index is 1.57. The van der Waals surface area contributed by atoms with Gasteiger partial charge in [-0.15, -0.1) is 10.2 Å². The van der Waals surface area contributed by atoms with E-state index < -0.39 is 4.92 Å². The summed E-state index contributed by atoms with van der Waals surface area (Å²) in [6.45, 7) is 0.436. The monoisotopic (exact) mass is 370 g/mol. The van der Waals surface area contributed by atoms with E-state index in [0.717, 1.165) is 17.3 Å². The van der Waals surface area contributed by atoms with Gasteiger partial charge < -0.3 is 9.73 Å². The average Bonchev–Trinajstić information content (AvgIpc) is 3.14. The maximum atomic E-state index is 11.9. The Morgan fingerprint density at radius 1 is 1.12 bits per heavy atom. The number of thioether (sulfide) groups is 1. The smallest absolute Gasteiger partial charge is 0.282 e. The topological polar surface area (TPSA) is 111 Å². The Labute approximate surface area is 152 Å². The minimum Gasteiger partial charge on any atom is -0.411 e. The number of carbonyl (C=O) groups excluding carboxylic acids is 1. The Morgan fingerprint density at radius 3 is 2.62 bits per heavy atom. The van der Waals surface area contributed by atoms with E-state index in [1.165, 1.54) is 12.1 Å². The van der Waals surface area contributed by atoms with Gasteiger partial charge in [-0.3, -0.25) is 14.9 Å². The minimum absolute atomic E-state index is 0.0458. The first kappa shape index (κ1) is 17.6. The fourth-order valence-corrected chi connectivity index (χ4v) is 2.76. The highest BCUT2D eigenvalue weighted by Crippen LogP contribution is 2.30. The number of hydrogen-bond acceptors (Lipinski definition) is 7. The Bertz CT molecular complexity index is 914. The maximum absolute atomic E-state index is 11.9. The molecule has 0 saturated heterocycles. The third-order valence-corrected chi connectivity index (χ3v) is 4.22. The zero-order valence-electron chi connectivity index (χ0n) is 13.5. The van der Waals surface area contributed by atoms with E-state index in [9.17, 15) is 14.9 Å². The van der Waals surface area contributed by atoms with Crippen LogP contribution in [0.4, 0.5) is 5.69 Å². The van der Waals surface area contributed by atoms with Gasteiger partial charge >= 0.3 is 0 Å². The quantitative estimate of drug-likeness (QED) is 0.386. The molecule has 0 atom stereocenters. The summed E-state index contributed by atoms with van der Waals surface area (Å²) in [5.74, 6) is -0.0282. The third-order valence-electron chi connectivity index (χ3n) is 3.40. The Hall–Kier alpha value is -3.20. The predicted octanol–water partition coefficient (Wildman–Crippen LogP) is 3.05. The van der Waals surface area contributed by atoms with Gasteiger partial charge in [-0.2, -0.15) is 0 Å². The molecule has 9 heteroatoms. The maximum Gasteiger partial charge on any atom is 0.282 e. The first-order valence-corrected chi connectivity index (χ1v) is 8.63. The summed E-state index contributed by atoms with van der Waals surface area (Å²) in [6, 6.07) is 15.7. The van der Waals surface area contributed by atoms with Crippen LogP contribution >= 0.6 is 11.8 Å². The molecule has 3 aromatic rings. The fourth-order valence-electron chi connectivity index (χ4n) is 2.17. The number of benzene rings is 2. The van der Waals surface area contributed by atoms with Gasteiger partial charge in [0.15, 0.2) is 0 Å². The molecule has 0 spiro atoms. The van der Waals surface area contributed by atoms with Crippen molar-refractivity contribution in [2.75, 3.05) is 5.75 Å². The molecule has 3 rings (SSSR count). The molecular formula is C17H14N4O4S. The second-order valence-corrected chi connectivity index (χ2v) is 6.12. The van der Waals surface area contributed by atoms with Crippen molar-refractivity contribution in [3.63, 3.8) is 0 Å². The molecule has 1 aromatic heterocycles. The highest BCUT2D eigenvalue weighted by Gasteiger charge is 2.20. The molecule has 0 fully saturated rings. The minimum atomic E-state index is -0.511. The standard InChI is InChI=1S/C17H14N4O4S/c22-15(18-10-12-6-2-1-3-7-12)11-26-17-20-19-16(25-17)13-8-4-5-9-14(13)21(23)24/h1-9H,10-11H2,(H,18,22). The lowest BCUT2D eigenvalue weighted by atomic mass is 10.2. The highest BCUT2D eigenvalue weighted by atomic mass is 32.2. The zero-order valence-corrected chi connectivity index (χ0v) is 14.3. The van der Waals surface area contributed by atoms with Crippen LogP contribution in [0.1, 0.15) is 5.56 Å². The summed E-state index contributed by atoms with van der Waals surface area (Å²) in [7, 11) is 0. The molecule has 132 valence electrons. The van der Waals surface area contributed by atoms with Gasteiger partial charge in [0.25, 0.3) is 16.8 Å². The number of amides is 1. The van der Waals surface area contributed by atoms with Crippen LogP contribution in [0, 0.1) is 10.1 Å². The van der Waals surface area contributed by atoms with Crippen molar-refractivity contribution in [2.45, 2.75) is 11.8 Å². The van der Waals surface area contributed by atoms with E-state index in [-0.39, 0.29) is 34.0 Å². The van der Waals surface area contributed by atoms with Crippen LogP contribution in [0.25, 0.3) is 11.5 Å². The van der Waals surface area contributed by atoms with E-state index in [2.05, 4.69) is 15.5 Å². The van der Waals surface area contributed by atoms with Crippen LogP contribution in [0.3, 0.4) is 0 Å². The van der Waals surface area contributed by atoms with Gasteiger partial charge in [-0.25, -0.2) is 0 Å². The molecule has 0 unspecified atom stereocenters. The van der Waals surface area contributed by atoms with Crippen LogP contribution < -0.4 is 5.32 Å². The van der Waals surface area contributed by atoms with Gasteiger partial charge in [0.1, 0.15) is 5.56 Å². The van der Waals surface area contributed by atoms with Crippen molar-refractivity contribution in [1.82, 2.24) is 15.5 Å². The van der Waals surface area contributed by atoms with Crippen LogP contribution in [-0.2, 0) is 11.3 Å². The molecule has 8 nitrogen and oxygen atoms in total. The van der Waals surface area contributed by atoms with Crippen LogP contribution in [0.5, 0.6) is 0 Å². The molecule has 0 aliphatic carbocycles. The second kappa shape index (κ2) is 8.26. The fraction of sp³-hybridized carbons (Fsp3) is 0.118. The third kappa shape index (κ3) is 4.45. The number of nitro groups is 1. The molecule has 26 heavy (non-hydrogen) atoms. The normalized spacial score (nSPS) is 10.5. The molecular weight excluding hydrogens is 356 g/mol. The summed E-state index contributed by atoms with van der Waals surface area (Å²) in [5, 5.41) is 21.7. The molecule has 0 aliphatic rings. The number of aromatic nitrogens is 2. The highest BCUT2D eigenvalue weighted by molar-refractivity contribution is 7.99. The van der Waals surface area contributed by atoms with Crippen LogP contribution in [-0.4, -0.2) is 26.8 Å². The van der Waals surface area contributed by atoms with E-state index in [1.54, 1.807) is 12.1 Å². The van der Waals surface area contributed by atoms with Crippen molar-refractivity contribution in [2.24, 2.45) is 0 Å². The molecule has 0 aliphatic heterocycles. The van der Waals surface area contributed by atoms with Crippen LogP contribution in [0.2, 0.25) is 0 Å². The van der Waals surface area contributed by atoms with Gasteiger partial charge in [0.2, 0.25) is 5.91 Å². The van der Waals surface area contributed by atoms with Gasteiger partial charge in [-0.05, 0) is 11.6 Å². The Morgan fingerprint density at radius 2 is 1.85 bits per heavy atom. The largest absolute Gasteiger partial charge is 0.411 e. The lowest BCUT2D eigenvalue weighted by molar-refractivity contribution is -0.384. The molecule has 1 heterocycles. The van der Waals surface area contributed by atoms with Crippen molar-refractivity contribution >= 4 is 23.4 Å². The average molecular weight is 370 g/mol. The molecule has 0 bridgehead atoms. The summed E-state index contributed by atoms with van der Waals surface area (Å²) >= 11 is 1.07. The first-order valence-electron chi connectivity index (χ1n) is 7.64. The molecule has 1 amide bonds.